The first-order valence-electron chi connectivity index (χ1n) is 29.3. The van der Waals surface area contributed by atoms with E-state index < -0.39 is 35.2 Å². The molecule has 4 aromatic heterocycles. The molecule has 4 aromatic carbocycles. The third-order valence-electron chi connectivity index (χ3n) is 12.4. The summed E-state index contributed by atoms with van der Waals surface area (Å²) in [4.78, 5) is 40.5. The number of hydrogen-bond acceptors (Lipinski definition) is 20. The zero-order valence-electron chi connectivity index (χ0n) is 58.6. The molecule has 0 spiro atoms. The summed E-state index contributed by atoms with van der Waals surface area (Å²) in [7, 11) is 15.3. The van der Waals surface area contributed by atoms with Crippen molar-refractivity contribution in [3.05, 3.63) is 237 Å². The van der Waals surface area contributed by atoms with E-state index in [1.54, 1.807) is 71.2 Å². The second kappa shape index (κ2) is 47.2. The van der Waals surface area contributed by atoms with Gasteiger partial charge in [0, 0.05) is 47.9 Å². The van der Waals surface area contributed by atoms with Crippen molar-refractivity contribution < 1.29 is 87.4 Å². The molecule has 100 heavy (non-hydrogen) atoms. The summed E-state index contributed by atoms with van der Waals surface area (Å²) in [6.07, 6.45) is -5.97. The van der Waals surface area contributed by atoms with Gasteiger partial charge in [0.2, 0.25) is 0 Å². The first kappa shape index (κ1) is 87.2. The van der Waals surface area contributed by atoms with Crippen molar-refractivity contribution in [1.82, 2.24) is 9.55 Å². The van der Waals surface area contributed by atoms with Crippen molar-refractivity contribution >= 4 is 57.0 Å². The van der Waals surface area contributed by atoms with E-state index in [4.69, 9.17) is 9.15 Å². The Morgan fingerprint density at radius 3 is 1.29 bits per heavy atom. The van der Waals surface area contributed by atoms with Crippen molar-refractivity contribution in [3.8, 4) is 5.75 Å². The molecule has 0 saturated carbocycles. The van der Waals surface area contributed by atoms with Gasteiger partial charge in [0.25, 0.3) is 0 Å². The van der Waals surface area contributed by atoms with Crippen LogP contribution in [0.25, 0.3) is 0 Å². The molecule has 20 nitrogen and oxygen atoms in total. The molecule has 0 N–H and O–H groups in total. The standard InChI is InChI=1S/3C10H10F3NO.C10H13NO2.C8H12N2O.C8H10N2O.C7H9NO2.C7H9NOS/c1-7(14-15-2)8-3-5-9(6-4-8)10(11,12)13;1-7(14-15-2)8-4-3-5-9(6-8)10(11,12)13;1-7(14-15-2)8-5-3-4-6-9(8)10(11,12)13;1-8(11-13-3)9-5-4-6-10(7-9)12-2;1-7(9-11-3)8-5-4-6-10(8)2;1-7(10-11-2)8-3-5-9-6-4-8;1-6(8-9-2)7-4-3-5-10-7;1-6(8-9-2)7-3-4-10-5-7/h3*3-6H,1-2H3;4-7H,1-3H3;4-6H,1-3H3;3-6H,1-2H3;2*3-5H,1-2H3. The highest BCUT2D eigenvalue weighted by Gasteiger charge is 2.34. The van der Waals surface area contributed by atoms with E-state index >= 15 is 0 Å². The lowest BCUT2D eigenvalue weighted by Crippen LogP contribution is -2.11. The normalized spacial score (nSPS) is 12.0. The maximum Gasteiger partial charge on any atom is 0.417 e. The van der Waals surface area contributed by atoms with Crippen LogP contribution >= 0.6 is 11.3 Å². The molecule has 0 atom stereocenters. The van der Waals surface area contributed by atoms with E-state index in [0.29, 0.717) is 22.6 Å². The minimum atomic E-state index is -4.37. The number of benzene rings is 4. The van der Waals surface area contributed by atoms with Crippen LogP contribution in [0.15, 0.2) is 221 Å². The van der Waals surface area contributed by atoms with Crippen LogP contribution in [0.3, 0.4) is 0 Å². The molecule has 0 bridgehead atoms. The van der Waals surface area contributed by atoms with Crippen LogP contribution in [0.4, 0.5) is 39.5 Å². The van der Waals surface area contributed by atoms with Gasteiger partial charge in [0.15, 0.2) is 5.76 Å². The number of nitrogens with zero attached hydrogens (tertiary/aromatic N) is 10. The first-order chi connectivity index (χ1) is 47.4. The molecule has 0 amide bonds. The lowest BCUT2D eigenvalue weighted by Gasteiger charge is -2.11. The zero-order chi connectivity index (χ0) is 75.3. The number of thiophene rings is 1. The average molecular weight is 1430 g/mol. The Kier molecular flexibility index (Phi) is 41.2. The van der Waals surface area contributed by atoms with Crippen molar-refractivity contribution in [2.45, 2.75) is 73.9 Å². The number of rotatable bonds is 17. The number of aryl methyl sites for hydroxylation is 1. The minimum Gasteiger partial charge on any atom is -0.497 e. The molecule has 8 aromatic rings. The number of hydrogen-bond donors (Lipinski definition) is 0. The molecule has 0 radical (unpaired) electrons. The molecule has 0 aliphatic heterocycles. The SMILES string of the molecule is CON=C(C)c1ccc(C(F)(F)F)cc1.CON=C(C)c1cccc(C(F)(F)F)c1.CON=C(C)c1cccc(OC)c1.CON=C(C)c1ccccc1C(F)(F)F.CON=C(C)c1cccn1C.CON=C(C)c1ccco1.CON=C(C)c1ccncc1.CON=C(C)c1ccsc1. The molecule has 0 fully saturated rings. The molecule has 8 rings (SSSR count). The van der Waals surface area contributed by atoms with Crippen LogP contribution in [-0.4, -0.2) is 119 Å². The van der Waals surface area contributed by atoms with E-state index in [-0.39, 0.29) is 11.3 Å². The number of alkyl halides is 9. The van der Waals surface area contributed by atoms with Crippen LogP contribution in [0.2, 0.25) is 0 Å². The predicted molar refractivity (Wildman–Crippen MR) is 374 cm³/mol. The molecule has 0 saturated heterocycles. The number of furan rings is 1. The van der Waals surface area contributed by atoms with E-state index in [1.807, 2.05) is 130 Å². The second-order valence-corrected chi connectivity index (χ2v) is 20.3. The maximum atomic E-state index is 12.6. The summed E-state index contributed by atoms with van der Waals surface area (Å²) in [5.74, 6) is 1.56. The van der Waals surface area contributed by atoms with E-state index in [1.165, 1.54) is 86.0 Å². The van der Waals surface area contributed by atoms with Gasteiger partial charge in [0.1, 0.15) is 74.1 Å². The van der Waals surface area contributed by atoms with Crippen molar-refractivity contribution in [1.29, 1.82) is 0 Å². The molecule has 542 valence electrons. The van der Waals surface area contributed by atoms with Gasteiger partial charge in [-0.2, -0.15) is 50.9 Å². The molecule has 0 aliphatic rings. The third kappa shape index (κ3) is 33.9. The summed E-state index contributed by atoms with van der Waals surface area (Å²) in [5, 5.41) is 33.7. The molecule has 4 heterocycles. The highest BCUT2D eigenvalue weighted by molar-refractivity contribution is 7.08. The van der Waals surface area contributed by atoms with Crippen LogP contribution in [0.1, 0.15) is 117 Å². The van der Waals surface area contributed by atoms with Gasteiger partial charge < -0.3 is 52.4 Å². The fraction of sp³-hybridized carbons (Fsp3) is 0.300. The van der Waals surface area contributed by atoms with Crippen molar-refractivity contribution in [3.63, 3.8) is 0 Å². The van der Waals surface area contributed by atoms with E-state index in [9.17, 15) is 39.5 Å². The summed E-state index contributed by atoms with van der Waals surface area (Å²) in [5.41, 5.74) is 8.59. The summed E-state index contributed by atoms with van der Waals surface area (Å²) in [6, 6.07) is 36.0. The smallest absolute Gasteiger partial charge is 0.417 e. The monoisotopic (exact) mass is 1430 g/mol. The Bertz CT molecular complexity index is 3790. The summed E-state index contributed by atoms with van der Waals surface area (Å²) < 4.78 is 123. The van der Waals surface area contributed by atoms with E-state index in [2.05, 4.69) is 84.9 Å². The van der Waals surface area contributed by atoms with E-state index in [0.717, 1.165) is 92.8 Å². The van der Waals surface area contributed by atoms with Gasteiger partial charge in [-0.05, 0) is 162 Å². The van der Waals surface area contributed by atoms with Gasteiger partial charge in [-0.15, -0.1) is 0 Å². The van der Waals surface area contributed by atoms with Crippen molar-refractivity contribution in [2.24, 2.45) is 48.3 Å². The van der Waals surface area contributed by atoms with Crippen LogP contribution in [0, 0.1) is 0 Å². The van der Waals surface area contributed by atoms with Gasteiger partial charge in [-0.25, -0.2) is 0 Å². The maximum absolute atomic E-state index is 12.6. The van der Waals surface area contributed by atoms with Crippen LogP contribution in [-0.2, 0) is 64.3 Å². The van der Waals surface area contributed by atoms with Gasteiger partial charge in [0.05, 0.1) is 70.0 Å². The lowest BCUT2D eigenvalue weighted by molar-refractivity contribution is -0.138. The number of ether oxygens (including phenoxy) is 1. The Labute approximate surface area is 580 Å². The second-order valence-electron chi connectivity index (χ2n) is 19.5. The Balaban J connectivity index is 0.000000574. The molecular formula is C70H83F9N10O10S. The number of oxime groups is 8. The predicted octanol–water partition coefficient (Wildman–Crippen LogP) is 17.9. The highest BCUT2D eigenvalue weighted by Crippen LogP contribution is 2.33. The molecular weight excluding hydrogens is 1340 g/mol. The van der Waals surface area contributed by atoms with Gasteiger partial charge in [-0.1, -0.05) is 95.8 Å². The highest BCUT2D eigenvalue weighted by atomic mass is 32.1. The molecule has 30 heteroatoms. The first-order valence-corrected chi connectivity index (χ1v) is 30.2. The largest absolute Gasteiger partial charge is 0.497 e. The van der Waals surface area contributed by atoms with Crippen LogP contribution in [0.5, 0.6) is 5.75 Å². The van der Waals surface area contributed by atoms with Crippen molar-refractivity contribution in [2.75, 3.05) is 64.0 Å². The fourth-order valence-corrected chi connectivity index (χ4v) is 8.30. The number of pyridine rings is 1. The summed E-state index contributed by atoms with van der Waals surface area (Å²) in [6.45, 7) is 14.1. The Hall–Kier alpha value is -10.8. The third-order valence-corrected chi connectivity index (χ3v) is 13.1. The fourth-order valence-electron chi connectivity index (χ4n) is 7.60. The summed E-state index contributed by atoms with van der Waals surface area (Å²) >= 11 is 1.66. The van der Waals surface area contributed by atoms with Gasteiger partial charge in [-0.3, -0.25) is 4.98 Å². The van der Waals surface area contributed by atoms with Crippen LogP contribution < -0.4 is 4.74 Å². The quantitative estimate of drug-likeness (QED) is 0.0475. The average Bonchev–Trinajstić information content (AvgIpc) is 1.26. The minimum absolute atomic E-state index is 0.0341. The number of aromatic nitrogens is 2. The molecule has 0 aliphatic carbocycles. The van der Waals surface area contributed by atoms with Gasteiger partial charge >= 0.3 is 18.5 Å². The molecule has 0 unspecified atom stereocenters. The number of methoxy groups -OCH3 is 1. The lowest BCUT2D eigenvalue weighted by atomic mass is 10.0. The Morgan fingerprint density at radius 2 is 0.850 bits per heavy atom. The zero-order valence-corrected chi connectivity index (χ0v) is 59.4. The number of halogens is 9. The topological polar surface area (TPSA) is 213 Å². The Morgan fingerprint density at radius 1 is 0.400 bits per heavy atom.